The Labute approximate surface area is 196 Å². The van der Waals surface area contributed by atoms with Gasteiger partial charge < -0.3 is 42.6 Å². The van der Waals surface area contributed by atoms with Gasteiger partial charge in [-0.25, -0.2) is 9.78 Å². The molecule has 1 aromatic heterocycles. The number of primary amides is 1. The van der Waals surface area contributed by atoms with Crippen LogP contribution in [0.15, 0.2) is 12.5 Å². The van der Waals surface area contributed by atoms with Crippen LogP contribution in [0.4, 0.5) is 0 Å². The Morgan fingerprint density at radius 2 is 1.68 bits per heavy atom. The van der Waals surface area contributed by atoms with E-state index >= 15 is 0 Å². The molecule has 14 nitrogen and oxygen atoms in total. The number of aliphatic hydroxyl groups excluding tert-OH is 1. The molecule has 190 valence electrons. The molecule has 0 fully saturated rings. The summed E-state index contributed by atoms with van der Waals surface area (Å²) < 4.78 is 0. The molecule has 1 aromatic rings. The number of nitrogens with two attached hydrogens (primary N) is 2. The third kappa shape index (κ3) is 8.78. The maximum absolute atomic E-state index is 13.0. The van der Waals surface area contributed by atoms with Crippen LogP contribution >= 0.6 is 0 Å². The van der Waals surface area contributed by atoms with Crippen LogP contribution in [-0.2, 0) is 30.4 Å². The van der Waals surface area contributed by atoms with E-state index in [1.54, 1.807) is 13.8 Å². The van der Waals surface area contributed by atoms with Gasteiger partial charge in [-0.1, -0.05) is 20.3 Å². The van der Waals surface area contributed by atoms with Gasteiger partial charge in [0.1, 0.15) is 12.1 Å². The first kappa shape index (κ1) is 28.5. The van der Waals surface area contributed by atoms with Crippen LogP contribution in [0.1, 0.15) is 39.3 Å². The van der Waals surface area contributed by atoms with Gasteiger partial charge >= 0.3 is 5.97 Å². The van der Waals surface area contributed by atoms with E-state index in [0.717, 1.165) is 6.92 Å². The summed E-state index contributed by atoms with van der Waals surface area (Å²) in [5, 5.41) is 25.7. The number of nitrogens with one attached hydrogen (secondary N) is 4. The molecular weight excluding hydrogens is 450 g/mol. The number of aliphatic carboxylic acids is 1. The number of carbonyl (C=O) groups excluding carboxylic acids is 4. The Morgan fingerprint density at radius 1 is 1.06 bits per heavy atom. The molecule has 34 heavy (non-hydrogen) atoms. The zero-order valence-electron chi connectivity index (χ0n) is 19.3. The van der Waals surface area contributed by atoms with Crippen molar-refractivity contribution in [2.45, 2.75) is 70.3 Å². The van der Waals surface area contributed by atoms with Gasteiger partial charge in [-0.2, -0.15) is 0 Å². The summed E-state index contributed by atoms with van der Waals surface area (Å²) in [5.41, 5.74) is 11.7. The zero-order valence-corrected chi connectivity index (χ0v) is 19.3. The lowest BCUT2D eigenvalue weighted by molar-refractivity contribution is -0.145. The molecule has 0 aliphatic heterocycles. The average Bonchev–Trinajstić information content (AvgIpc) is 3.26. The number of nitrogens with zero attached hydrogens (tertiary/aromatic N) is 1. The van der Waals surface area contributed by atoms with Gasteiger partial charge in [0.05, 0.1) is 24.9 Å². The van der Waals surface area contributed by atoms with Crippen molar-refractivity contribution in [2.24, 2.45) is 17.4 Å². The van der Waals surface area contributed by atoms with Crippen molar-refractivity contribution in [3.63, 3.8) is 0 Å². The van der Waals surface area contributed by atoms with Gasteiger partial charge in [0.25, 0.3) is 0 Å². The molecule has 0 aliphatic carbocycles. The lowest BCUT2D eigenvalue weighted by Gasteiger charge is -2.28. The Bertz CT molecular complexity index is 859. The fourth-order valence-corrected chi connectivity index (χ4v) is 3.00. The predicted molar refractivity (Wildman–Crippen MR) is 119 cm³/mol. The van der Waals surface area contributed by atoms with Gasteiger partial charge in [-0.3, -0.25) is 19.2 Å². The zero-order chi connectivity index (χ0) is 26.0. The molecule has 10 N–H and O–H groups in total. The first-order chi connectivity index (χ1) is 15.9. The topological polar surface area (TPSA) is 243 Å². The summed E-state index contributed by atoms with van der Waals surface area (Å²) in [7, 11) is 0. The van der Waals surface area contributed by atoms with Gasteiger partial charge in [0.15, 0.2) is 6.04 Å². The van der Waals surface area contributed by atoms with Crippen molar-refractivity contribution in [3.05, 3.63) is 18.2 Å². The van der Waals surface area contributed by atoms with Gasteiger partial charge in [0.2, 0.25) is 23.6 Å². The minimum atomic E-state index is -1.68. The minimum Gasteiger partial charge on any atom is -0.480 e. The van der Waals surface area contributed by atoms with E-state index in [1.807, 2.05) is 0 Å². The molecule has 0 spiro atoms. The monoisotopic (exact) mass is 483 g/mol. The average molecular weight is 484 g/mol. The van der Waals surface area contributed by atoms with Crippen molar-refractivity contribution in [3.8, 4) is 0 Å². The number of hydrogen-bond donors (Lipinski definition) is 8. The van der Waals surface area contributed by atoms with Crippen LogP contribution in [-0.4, -0.2) is 80.1 Å². The molecule has 0 bridgehead atoms. The molecule has 14 heteroatoms. The lowest BCUT2D eigenvalue weighted by Crippen LogP contribution is -2.60. The standard InChI is InChI=1S/C20H33N7O7/c1-4-9(2)15(26-17(30)12(21)5-11-7-23-8-24-11)19(32)25-13(6-14(22)29)18(31)27-16(10(3)28)20(33)34/h7-10,12-13,15-16,28H,4-6,21H2,1-3H3,(H2,22,29)(H,23,24)(H,25,32)(H,26,30)(H,27,31)(H,33,34). The van der Waals surface area contributed by atoms with Crippen molar-refractivity contribution in [1.29, 1.82) is 0 Å². The normalized spacial score (nSPS) is 16.3. The number of aliphatic hydroxyl groups is 1. The lowest BCUT2D eigenvalue weighted by atomic mass is 9.97. The number of carboxylic acid groups (broad SMARTS) is 1. The second-order valence-electron chi connectivity index (χ2n) is 8.06. The highest BCUT2D eigenvalue weighted by Gasteiger charge is 2.34. The third-order valence-electron chi connectivity index (χ3n) is 5.21. The molecule has 1 heterocycles. The first-order valence-corrected chi connectivity index (χ1v) is 10.7. The highest BCUT2D eigenvalue weighted by molar-refractivity contribution is 5.96. The molecule has 0 saturated carbocycles. The SMILES string of the molecule is CCC(C)C(NC(=O)C(N)Cc1cnc[nH]1)C(=O)NC(CC(N)=O)C(=O)NC(C(=O)O)C(C)O. The van der Waals surface area contributed by atoms with E-state index in [1.165, 1.54) is 12.5 Å². The van der Waals surface area contributed by atoms with Crippen molar-refractivity contribution in [1.82, 2.24) is 25.9 Å². The Balaban J connectivity index is 2.98. The molecule has 0 aromatic carbocycles. The predicted octanol–water partition coefficient (Wildman–Crippen LogP) is -2.88. The second kappa shape index (κ2) is 13.3. The van der Waals surface area contributed by atoms with E-state index < -0.39 is 66.3 Å². The number of imidazole rings is 1. The van der Waals surface area contributed by atoms with Gasteiger partial charge in [-0.05, 0) is 12.8 Å². The van der Waals surface area contributed by atoms with E-state index in [-0.39, 0.29) is 12.3 Å². The molecule has 1 rings (SSSR count). The largest absolute Gasteiger partial charge is 0.480 e. The maximum Gasteiger partial charge on any atom is 0.328 e. The van der Waals surface area contributed by atoms with Crippen molar-refractivity contribution in [2.75, 3.05) is 0 Å². The van der Waals surface area contributed by atoms with Crippen LogP contribution in [0.5, 0.6) is 0 Å². The number of carbonyl (C=O) groups is 5. The highest BCUT2D eigenvalue weighted by atomic mass is 16.4. The van der Waals surface area contributed by atoms with E-state index in [4.69, 9.17) is 16.6 Å². The molecule has 0 aliphatic rings. The van der Waals surface area contributed by atoms with Crippen molar-refractivity contribution >= 4 is 29.6 Å². The summed E-state index contributed by atoms with van der Waals surface area (Å²) in [6.07, 6.45) is 1.48. The number of aromatic amines is 1. The molecular formula is C20H33N7O7. The summed E-state index contributed by atoms with van der Waals surface area (Å²) in [6, 6.07) is -5.31. The quantitative estimate of drug-likeness (QED) is 0.135. The molecule has 0 saturated heterocycles. The number of aromatic nitrogens is 2. The smallest absolute Gasteiger partial charge is 0.328 e. The van der Waals surface area contributed by atoms with Crippen LogP contribution in [0.25, 0.3) is 0 Å². The minimum absolute atomic E-state index is 0.142. The maximum atomic E-state index is 13.0. The second-order valence-corrected chi connectivity index (χ2v) is 8.06. The van der Waals surface area contributed by atoms with E-state index in [2.05, 4.69) is 25.9 Å². The van der Waals surface area contributed by atoms with E-state index in [0.29, 0.717) is 12.1 Å². The molecule has 6 unspecified atom stereocenters. The number of amides is 4. The summed E-state index contributed by atoms with van der Waals surface area (Å²) >= 11 is 0. The highest BCUT2D eigenvalue weighted by Crippen LogP contribution is 2.10. The van der Waals surface area contributed by atoms with E-state index in [9.17, 15) is 29.1 Å². The van der Waals surface area contributed by atoms with Crippen LogP contribution < -0.4 is 27.4 Å². The molecule has 6 atom stereocenters. The molecule has 4 amide bonds. The van der Waals surface area contributed by atoms with Crippen LogP contribution in [0.3, 0.4) is 0 Å². The number of H-pyrrole nitrogens is 1. The fraction of sp³-hybridized carbons (Fsp3) is 0.600. The Morgan fingerprint density at radius 3 is 2.15 bits per heavy atom. The van der Waals surface area contributed by atoms with Gasteiger partial charge in [0, 0.05) is 18.3 Å². The fourth-order valence-electron chi connectivity index (χ4n) is 3.00. The summed E-state index contributed by atoms with van der Waals surface area (Å²) in [6.45, 7) is 4.64. The molecule has 0 radical (unpaired) electrons. The first-order valence-electron chi connectivity index (χ1n) is 10.7. The number of hydrogen-bond acceptors (Lipinski definition) is 8. The van der Waals surface area contributed by atoms with Crippen LogP contribution in [0.2, 0.25) is 0 Å². The Kier molecular flexibility index (Phi) is 11.1. The Hall–Kier alpha value is -3.52. The summed E-state index contributed by atoms with van der Waals surface area (Å²) in [4.78, 5) is 67.6. The number of rotatable bonds is 14. The van der Waals surface area contributed by atoms with Crippen LogP contribution in [0, 0.1) is 5.92 Å². The number of carboxylic acids is 1. The summed E-state index contributed by atoms with van der Waals surface area (Å²) in [5.74, 6) is -5.28. The van der Waals surface area contributed by atoms with Crippen molar-refractivity contribution < 1.29 is 34.2 Å². The van der Waals surface area contributed by atoms with Gasteiger partial charge in [-0.15, -0.1) is 0 Å². The third-order valence-corrected chi connectivity index (χ3v) is 5.21.